The minimum absolute atomic E-state index is 0.285. The van der Waals surface area contributed by atoms with Crippen LogP contribution in [-0.4, -0.2) is 72.2 Å². The number of hydrogen-bond donors (Lipinski definition) is 0. The second-order valence-electron chi connectivity index (χ2n) is 8.69. The van der Waals surface area contributed by atoms with Crippen molar-refractivity contribution in [2.45, 2.75) is 37.8 Å². The fourth-order valence-corrected chi connectivity index (χ4v) is 4.97. The number of piperazine rings is 1. The van der Waals surface area contributed by atoms with Crippen LogP contribution in [0.3, 0.4) is 0 Å². The van der Waals surface area contributed by atoms with E-state index in [9.17, 15) is 4.79 Å². The van der Waals surface area contributed by atoms with E-state index in [1.165, 1.54) is 27.1 Å². The Balaban J connectivity index is 1.36. The van der Waals surface area contributed by atoms with Crippen molar-refractivity contribution < 1.29 is 4.79 Å². The zero-order valence-electron chi connectivity index (χ0n) is 18.4. The maximum atomic E-state index is 12.8. The van der Waals surface area contributed by atoms with Gasteiger partial charge < -0.3 is 4.90 Å². The molecule has 0 aromatic heterocycles. The Morgan fingerprint density at radius 1 is 0.967 bits per heavy atom. The molecule has 2 aliphatic rings. The molecule has 0 N–H and O–H groups in total. The van der Waals surface area contributed by atoms with E-state index in [4.69, 9.17) is 0 Å². The van der Waals surface area contributed by atoms with Gasteiger partial charge in [-0.3, -0.25) is 14.6 Å². The van der Waals surface area contributed by atoms with Gasteiger partial charge >= 0.3 is 0 Å². The van der Waals surface area contributed by atoms with E-state index >= 15 is 0 Å². The summed E-state index contributed by atoms with van der Waals surface area (Å²) in [5.74, 6) is 0.285. The second kappa shape index (κ2) is 9.54. The van der Waals surface area contributed by atoms with Crippen LogP contribution in [0.5, 0.6) is 0 Å². The molecule has 2 aromatic carbocycles. The Bertz CT molecular complexity index is 890. The van der Waals surface area contributed by atoms with Crippen LogP contribution < -0.4 is 0 Å². The van der Waals surface area contributed by atoms with Crippen LogP contribution in [-0.2, 0) is 17.8 Å². The fourth-order valence-electron chi connectivity index (χ4n) is 4.51. The summed E-state index contributed by atoms with van der Waals surface area (Å²) in [4.78, 5) is 20.9. The van der Waals surface area contributed by atoms with Gasteiger partial charge in [0.1, 0.15) is 0 Å². The summed E-state index contributed by atoms with van der Waals surface area (Å²) < 4.78 is 0. The quantitative estimate of drug-likeness (QED) is 0.680. The van der Waals surface area contributed by atoms with Crippen molar-refractivity contribution in [2.75, 3.05) is 45.5 Å². The third kappa shape index (κ3) is 4.90. The molecule has 5 heteroatoms. The molecule has 0 aliphatic carbocycles. The number of carbonyl (C=O) groups is 1. The van der Waals surface area contributed by atoms with Crippen molar-refractivity contribution in [2.24, 2.45) is 0 Å². The first-order valence-corrected chi connectivity index (χ1v) is 12.3. The lowest BCUT2D eigenvalue weighted by Gasteiger charge is -2.38. The average Bonchev–Trinajstić information content (AvgIpc) is 2.78. The topological polar surface area (TPSA) is 26.8 Å². The molecule has 2 aromatic rings. The molecule has 0 radical (unpaired) electrons. The predicted molar refractivity (Wildman–Crippen MR) is 126 cm³/mol. The van der Waals surface area contributed by atoms with Gasteiger partial charge in [0.2, 0.25) is 5.91 Å². The number of nitrogens with zero attached hydrogens (tertiary/aromatic N) is 3. The first kappa shape index (κ1) is 21.4. The standard InChI is InChI=1S/C25H33N3OS/c1-19(2)27-11-13-28(14-12-27)25(29)18-26-10-9-22-15-21(7-8-23(22)17-26)20-5-4-6-24(16-20)30-3/h4-8,15-16,19H,9-14,17-18H2,1-3H3. The Kier molecular flexibility index (Phi) is 6.81. The molecule has 0 atom stereocenters. The van der Waals surface area contributed by atoms with Crippen LogP contribution >= 0.6 is 11.8 Å². The molecule has 0 saturated carbocycles. The lowest BCUT2D eigenvalue weighted by molar-refractivity contribution is -0.134. The van der Waals surface area contributed by atoms with E-state index in [2.05, 4.69) is 77.3 Å². The monoisotopic (exact) mass is 423 g/mol. The molecule has 1 amide bonds. The fraction of sp³-hybridized carbons (Fsp3) is 0.480. The molecule has 2 heterocycles. The molecule has 0 spiro atoms. The molecule has 1 saturated heterocycles. The summed E-state index contributed by atoms with van der Waals surface area (Å²) in [6, 6.07) is 16.1. The summed E-state index contributed by atoms with van der Waals surface area (Å²) in [6.45, 7) is 10.5. The first-order valence-electron chi connectivity index (χ1n) is 11.0. The van der Waals surface area contributed by atoms with Crippen molar-refractivity contribution in [3.05, 3.63) is 53.6 Å². The highest BCUT2D eigenvalue weighted by Crippen LogP contribution is 2.28. The molecule has 1 fully saturated rings. The predicted octanol–water partition coefficient (Wildman–Crippen LogP) is 3.99. The number of fused-ring (bicyclic) bond motifs is 1. The highest BCUT2D eigenvalue weighted by Gasteiger charge is 2.25. The van der Waals surface area contributed by atoms with Crippen LogP contribution in [0.25, 0.3) is 11.1 Å². The van der Waals surface area contributed by atoms with Gasteiger partial charge in [0.05, 0.1) is 6.54 Å². The number of carbonyl (C=O) groups excluding carboxylic acids is 1. The van der Waals surface area contributed by atoms with Gasteiger partial charge in [-0.1, -0.05) is 30.3 Å². The minimum atomic E-state index is 0.285. The van der Waals surface area contributed by atoms with Crippen molar-refractivity contribution in [3.63, 3.8) is 0 Å². The zero-order valence-corrected chi connectivity index (χ0v) is 19.3. The summed E-state index contributed by atoms with van der Waals surface area (Å²) >= 11 is 1.78. The highest BCUT2D eigenvalue weighted by atomic mass is 32.2. The highest BCUT2D eigenvalue weighted by molar-refractivity contribution is 7.98. The van der Waals surface area contributed by atoms with E-state index in [1.807, 2.05) is 0 Å². The van der Waals surface area contributed by atoms with Gasteiger partial charge in [0.25, 0.3) is 0 Å². The number of benzene rings is 2. The molecule has 0 unspecified atom stereocenters. The summed E-state index contributed by atoms with van der Waals surface area (Å²) in [5.41, 5.74) is 5.36. The normalized spacial score (nSPS) is 17.9. The number of rotatable bonds is 5. The SMILES string of the molecule is CSc1cccc(-c2ccc3c(c2)CCN(CC(=O)N2CCN(C(C)C)CC2)C3)c1. The maximum Gasteiger partial charge on any atom is 0.236 e. The molecule has 30 heavy (non-hydrogen) atoms. The van der Waals surface area contributed by atoms with Gasteiger partial charge in [-0.25, -0.2) is 0 Å². The van der Waals surface area contributed by atoms with E-state index < -0.39 is 0 Å². The molecular weight excluding hydrogens is 390 g/mol. The summed E-state index contributed by atoms with van der Waals surface area (Å²) in [5, 5.41) is 0. The van der Waals surface area contributed by atoms with Gasteiger partial charge in [0.15, 0.2) is 0 Å². The molecular formula is C25H33N3OS. The summed E-state index contributed by atoms with van der Waals surface area (Å²) in [7, 11) is 0. The Labute approximate surface area is 185 Å². The zero-order chi connectivity index (χ0) is 21.1. The lowest BCUT2D eigenvalue weighted by atomic mass is 9.94. The molecule has 160 valence electrons. The van der Waals surface area contributed by atoms with E-state index in [0.29, 0.717) is 12.6 Å². The van der Waals surface area contributed by atoms with Gasteiger partial charge in [-0.05, 0) is 60.9 Å². The summed E-state index contributed by atoms with van der Waals surface area (Å²) in [6.07, 6.45) is 3.13. The first-order chi connectivity index (χ1) is 14.5. The molecule has 2 aliphatic heterocycles. The largest absolute Gasteiger partial charge is 0.339 e. The van der Waals surface area contributed by atoms with Crippen LogP contribution in [0, 0.1) is 0 Å². The number of hydrogen-bond acceptors (Lipinski definition) is 4. The van der Waals surface area contributed by atoms with Crippen molar-refractivity contribution in [1.82, 2.24) is 14.7 Å². The number of amides is 1. The van der Waals surface area contributed by atoms with E-state index in [-0.39, 0.29) is 5.91 Å². The van der Waals surface area contributed by atoms with Crippen LogP contribution in [0.4, 0.5) is 0 Å². The molecule has 4 nitrogen and oxygen atoms in total. The number of thioether (sulfide) groups is 1. The second-order valence-corrected chi connectivity index (χ2v) is 9.57. The van der Waals surface area contributed by atoms with Crippen molar-refractivity contribution in [1.29, 1.82) is 0 Å². The van der Waals surface area contributed by atoms with Crippen molar-refractivity contribution >= 4 is 17.7 Å². The Morgan fingerprint density at radius 2 is 1.73 bits per heavy atom. The minimum Gasteiger partial charge on any atom is -0.339 e. The molecule has 4 rings (SSSR count). The molecule has 0 bridgehead atoms. The third-order valence-electron chi connectivity index (χ3n) is 6.46. The van der Waals surface area contributed by atoms with Gasteiger partial charge in [-0.2, -0.15) is 0 Å². The average molecular weight is 424 g/mol. The van der Waals surface area contributed by atoms with Gasteiger partial charge in [0, 0.05) is 50.2 Å². The lowest BCUT2D eigenvalue weighted by Crippen LogP contribution is -2.53. The van der Waals surface area contributed by atoms with Crippen LogP contribution in [0.2, 0.25) is 0 Å². The smallest absolute Gasteiger partial charge is 0.236 e. The third-order valence-corrected chi connectivity index (χ3v) is 7.18. The van der Waals surface area contributed by atoms with Crippen molar-refractivity contribution in [3.8, 4) is 11.1 Å². The van der Waals surface area contributed by atoms with Gasteiger partial charge in [-0.15, -0.1) is 11.8 Å². The van der Waals surface area contributed by atoms with E-state index in [0.717, 1.165) is 45.7 Å². The Hall–Kier alpha value is -1.82. The van der Waals surface area contributed by atoms with E-state index in [1.54, 1.807) is 11.8 Å². The van der Waals surface area contributed by atoms with Crippen LogP contribution in [0.1, 0.15) is 25.0 Å². The Morgan fingerprint density at radius 3 is 2.47 bits per heavy atom. The maximum absolute atomic E-state index is 12.8. The van der Waals surface area contributed by atoms with Crippen LogP contribution in [0.15, 0.2) is 47.4 Å².